The van der Waals surface area contributed by atoms with Gasteiger partial charge in [0.05, 0.1) is 0 Å². The number of carbonyl (C=O) groups is 1. The van der Waals surface area contributed by atoms with Crippen molar-refractivity contribution in [1.82, 2.24) is 0 Å². The second-order valence-corrected chi connectivity index (χ2v) is 5.37. The predicted octanol–water partition coefficient (Wildman–Crippen LogP) is -1.17. The number of hydrogen-bond acceptors (Lipinski definition) is 4. The molecule has 1 aromatic carbocycles. The van der Waals surface area contributed by atoms with E-state index in [1.54, 1.807) is 0 Å². The third-order valence-corrected chi connectivity index (χ3v) is 3.35. The van der Waals surface area contributed by atoms with E-state index in [4.69, 9.17) is 9.20 Å². The van der Waals surface area contributed by atoms with Gasteiger partial charge in [-0.15, -0.1) is 0 Å². The fraction of sp³-hybridized carbons (Fsp3) is 0.222. The molecule has 0 heterocycles. The molecule has 0 spiro atoms. The van der Waals surface area contributed by atoms with Gasteiger partial charge in [-0.2, -0.15) is 0 Å². The van der Waals surface area contributed by atoms with Crippen LogP contribution in [0.1, 0.15) is 6.92 Å². The van der Waals surface area contributed by atoms with Crippen LogP contribution in [0.3, 0.4) is 0 Å². The van der Waals surface area contributed by atoms with Gasteiger partial charge in [-0.3, -0.25) is 0 Å². The Labute approximate surface area is 96.4 Å². The van der Waals surface area contributed by atoms with E-state index in [0.717, 1.165) is 0 Å². The monoisotopic (exact) mass is 288 g/mol. The molecule has 0 bridgehead atoms. The Morgan fingerprint density at radius 3 is 2.62 bits per heavy atom. The first-order chi connectivity index (χ1) is 7.41. The van der Waals surface area contributed by atoms with E-state index in [0.29, 0.717) is 0 Å². The van der Waals surface area contributed by atoms with Crippen LogP contribution in [0.15, 0.2) is 18.2 Å². The van der Waals surface area contributed by atoms with Gasteiger partial charge in [-0.25, -0.2) is 0 Å². The number of phenolic OH excluding ortho intramolecular Hbond substituents is 1. The molecular weight excluding hydrogens is 277 g/mol. The van der Waals surface area contributed by atoms with Gasteiger partial charge < -0.3 is 0 Å². The molecular formula is C9H11AsNO5. The van der Waals surface area contributed by atoms with E-state index in [-0.39, 0.29) is 15.8 Å². The molecule has 0 aliphatic rings. The fourth-order valence-corrected chi connectivity index (χ4v) is 1.91. The number of rotatable bonds is 3. The van der Waals surface area contributed by atoms with Crippen LogP contribution < -0.4 is 9.67 Å². The quantitative estimate of drug-likeness (QED) is 0.414. The zero-order valence-electron chi connectivity index (χ0n) is 8.41. The van der Waals surface area contributed by atoms with Crippen molar-refractivity contribution < 1.29 is 22.8 Å². The van der Waals surface area contributed by atoms with Crippen molar-refractivity contribution in [2.24, 2.45) is 0 Å². The molecule has 1 rings (SSSR count). The standard InChI is InChI=1S/C9H11AsNO5/c1-5(12)9(14)11-7-4-6(10(15)16)2-3-8(7)13/h2-5,12-13H,1H3,(H,11,14)(H,15,16). The second kappa shape index (κ2) is 5.20. The molecule has 87 valence electrons. The van der Waals surface area contributed by atoms with Crippen molar-refractivity contribution in [3.63, 3.8) is 0 Å². The van der Waals surface area contributed by atoms with Gasteiger partial charge in [0, 0.05) is 0 Å². The van der Waals surface area contributed by atoms with E-state index in [1.165, 1.54) is 25.1 Å². The summed E-state index contributed by atoms with van der Waals surface area (Å²) in [6.07, 6.45) is -1.22. The van der Waals surface area contributed by atoms with Gasteiger partial charge in [0.1, 0.15) is 0 Å². The van der Waals surface area contributed by atoms with E-state index in [1.807, 2.05) is 0 Å². The van der Waals surface area contributed by atoms with Crippen LogP contribution >= 0.6 is 0 Å². The van der Waals surface area contributed by atoms with Crippen LogP contribution in [0.4, 0.5) is 5.69 Å². The molecule has 4 N–H and O–H groups in total. The molecule has 0 fully saturated rings. The molecule has 1 amide bonds. The third kappa shape index (κ3) is 3.13. The zero-order chi connectivity index (χ0) is 12.3. The molecule has 1 aromatic rings. The first-order valence-corrected chi connectivity index (χ1v) is 6.94. The van der Waals surface area contributed by atoms with Gasteiger partial charge >= 0.3 is 96.0 Å². The Kier molecular flexibility index (Phi) is 4.18. The van der Waals surface area contributed by atoms with Crippen LogP contribution in [0.25, 0.3) is 0 Å². The summed E-state index contributed by atoms with van der Waals surface area (Å²) in [5.41, 5.74) is 0.00711. The van der Waals surface area contributed by atoms with E-state index >= 15 is 0 Å². The number of aliphatic hydroxyl groups is 1. The van der Waals surface area contributed by atoms with Crippen molar-refractivity contribution in [1.29, 1.82) is 0 Å². The van der Waals surface area contributed by atoms with Crippen molar-refractivity contribution in [2.75, 3.05) is 5.32 Å². The van der Waals surface area contributed by atoms with Crippen LogP contribution in [0, 0.1) is 0 Å². The normalized spacial score (nSPS) is 13.1. The Morgan fingerprint density at radius 2 is 2.12 bits per heavy atom. The fourth-order valence-electron chi connectivity index (χ4n) is 0.980. The summed E-state index contributed by atoms with van der Waals surface area (Å²) in [5.74, 6) is -0.927. The summed E-state index contributed by atoms with van der Waals surface area (Å²) >= 11 is -3.29. The number of hydrogen-bond donors (Lipinski definition) is 4. The van der Waals surface area contributed by atoms with Crippen LogP contribution in [-0.4, -0.2) is 41.3 Å². The minimum absolute atomic E-state index is 0.00711. The first kappa shape index (κ1) is 12.8. The van der Waals surface area contributed by atoms with Crippen molar-refractivity contribution in [2.45, 2.75) is 13.0 Å². The van der Waals surface area contributed by atoms with Gasteiger partial charge in [0.2, 0.25) is 0 Å². The molecule has 0 saturated heterocycles. The maximum atomic E-state index is 11.1. The Hall–Kier alpha value is -1.23. The number of phenols is 1. The molecule has 0 aromatic heterocycles. The molecule has 0 saturated carbocycles. The molecule has 0 aliphatic heterocycles. The van der Waals surface area contributed by atoms with E-state index in [9.17, 15) is 13.6 Å². The summed E-state index contributed by atoms with van der Waals surface area (Å²) in [4.78, 5) is 11.1. The number of nitrogens with one attached hydrogen (secondary N) is 1. The van der Waals surface area contributed by atoms with E-state index in [2.05, 4.69) is 5.32 Å². The summed E-state index contributed by atoms with van der Waals surface area (Å²) in [7, 11) is 0. The van der Waals surface area contributed by atoms with Crippen LogP contribution in [0.2, 0.25) is 0 Å². The Bertz CT molecular complexity index is 432. The first-order valence-electron chi connectivity index (χ1n) is 4.40. The summed E-state index contributed by atoms with van der Waals surface area (Å²) in [6.45, 7) is 1.27. The molecule has 2 unspecified atom stereocenters. The average Bonchev–Trinajstić information content (AvgIpc) is 2.20. The number of benzene rings is 1. The maximum absolute atomic E-state index is 11.1. The summed E-state index contributed by atoms with van der Waals surface area (Å²) in [5, 5.41) is 20.6. The SMILES string of the molecule is CC(O)C(=O)Nc1cc([As](=O)O)ccc1O. The number of amides is 1. The summed E-state index contributed by atoms with van der Waals surface area (Å²) in [6, 6.07) is 3.73. The number of aromatic hydroxyl groups is 1. The van der Waals surface area contributed by atoms with Crippen molar-refractivity contribution in [3.05, 3.63) is 18.2 Å². The van der Waals surface area contributed by atoms with Crippen LogP contribution in [0.5, 0.6) is 5.75 Å². The van der Waals surface area contributed by atoms with Gasteiger partial charge in [-0.1, -0.05) is 0 Å². The zero-order valence-corrected chi connectivity index (χ0v) is 10.3. The molecule has 7 heteroatoms. The molecule has 16 heavy (non-hydrogen) atoms. The van der Waals surface area contributed by atoms with Gasteiger partial charge in [-0.05, 0) is 0 Å². The minimum atomic E-state index is -3.29. The van der Waals surface area contributed by atoms with Gasteiger partial charge in [0.15, 0.2) is 0 Å². The Morgan fingerprint density at radius 1 is 1.50 bits per heavy atom. The molecule has 0 aliphatic carbocycles. The molecule has 2 atom stereocenters. The van der Waals surface area contributed by atoms with Crippen LogP contribution in [-0.2, 0) is 8.53 Å². The number of aliphatic hydroxyl groups excluding tert-OH is 1. The van der Waals surface area contributed by atoms with E-state index < -0.39 is 26.9 Å². The summed E-state index contributed by atoms with van der Waals surface area (Å²) < 4.78 is 20.0. The Balaban J connectivity index is 2.99. The second-order valence-electron chi connectivity index (χ2n) is 3.14. The average molecular weight is 288 g/mol. The van der Waals surface area contributed by atoms with Crippen molar-refractivity contribution in [3.8, 4) is 5.75 Å². The van der Waals surface area contributed by atoms with Gasteiger partial charge in [0.25, 0.3) is 0 Å². The number of carbonyl (C=O) groups excluding carboxylic acids is 1. The van der Waals surface area contributed by atoms with Crippen molar-refractivity contribution >= 4 is 30.9 Å². The molecule has 6 nitrogen and oxygen atoms in total. The number of anilines is 1. The third-order valence-electron chi connectivity index (χ3n) is 1.84. The topological polar surface area (TPSA) is 107 Å². The molecule has 1 radical (unpaired) electrons. The predicted molar refractivity (Wildman–Crippen MR) is 56.7 cm³/mol.